The number of aryl methyl sites for hydroxylation is 1. The van der Waals surface area contributed by atoms with Gasteiger partial charge in [-0.15, -0.1) is 0 Å². The number of carbonyl (C=O) groups excluding carboxylic acids is 2. The molecule has 1 aliphatic rings. The third kappa shape index (κ3) is 5.59. The number of Topliss-reactive ketones (excluding diaryl/α,β-unsaturated/α-hetero) is 1. The molecule has 3 aromatic carbocycles. The Morgan fingerprint density at radius 3 is 2.45 bits per heavy atom. The normalized spacial score (nSPS) is 16.2. The van der Waals surface area contributed by atoms with E-state index in [4.69, 9.17) is 9.47 Å². The van der Waals surface area contributed by atoms with Gasteiger partial charge in [0.2, 0.25) is 0 Å². The number of likely N-dealkylation sites (tertiary alicyclic amines) is 1. The molecule has 1 unspecified atom stereocenters. The summed E-state index contributed by atoms with van der Waals surface area (Å²) >= 11 is 0. The lowest BCUT2D eigenvalue weighted by atomic mass is 9.93. The first-order valence-electron chi connectivity index (χ1n) is 13.2. The number of pyridine rings is 1. The molecule has 202 valence electrons. The molecule has 0 aliphatic carbocycles. The molecule has 1 fully saturated rings. The highest BCUT2D eigenvalue weighted by Crippen LogP contribution is 2.42. The van der Waals surface area contributed by atoms with Crippen LogP contribution in [0.25, 0.3) is 5.76 Å². The highest BCUT2D eigenvalue weighted by molar-refractivity contribution is 6.46. The smallest absolute Gasteiger partial charge is 0.295 e. The summed E-state index contributed by atoms with van der Waals surface area (Å²) in [5, 5.41) is 11.6. The van der Waals surface area contributed by atoms with Crippen LogP contribution in [0.4, 0.5) is 0 Å². The molecule has 1 atom stereocenters. The van der Waals surface area contributed by atoms with E-state index in [1.165, 1.54) is 4.90 Å². The first-order valence-corrected chi connectivity index (χ1v) is 13.2. The van der Waals surface area contributed by atoms with Crippen molar-refractivity contribution in [3.8, 4) is 17.2 Å². The molecule has 4 aromatic rings. The number of para-hydroxylation sites is 1. The van der Waals surface area contributed by atoms with Gasteiger partial charge in [-0.3, -0.25) is 14.6 Å². The van der Waals surface area contributed by atoms with Crippen molar-refractivity contribution in [1.82, 2.24) is 9.88 Å². The summed E-state index contributed by atoms with van der Waals surface area (Å²) in [5.74, 6) is 0.215. The van der Waals surface area contributed by atoms with Crippen molar-refractivity contribution in [1.29, 1.82) is 0 Å². The highest BCUT2D eigenvalue weighted by Gasteiger charge is 2.46. The topological polar surface area (TPSA) is 89.0 Å². The lowest BCUT2D eigenvalue weighted by Crippen LogP contribution is -2.29. The molecule has 0 spiro atoms. The van der Waals surface area contributed by atoms with E-state index in [9.17, 15) is 14.7 Å². The van der Waals surface area contributed by atoms with Gasteiger partial charge in [-0.1, -0.05) is 43.3 Å². The molecule has 0 radical (unpaired) electrons. The van der Waals surface area contributed by atoms with Crippen LogP contribution in [0, 0.1) is 6.92 Å². The summed E-state index contributed by atoms with van der Waals surface area (Å²) in [6.07, 6.45) is 4.18. The van der Waals surface area contributed by atoms with Crippen LogP contribution in [-0.4, -0.2) is 33.3 Å². The number of benzene rings is 3. The Morgan fingerprint density at radius 2 is 1.73 bits per heavy atom. The quantitative estimate of drug-likeness (QED) is 0.148. The predicted molar refractivity (Wildman–Crippen MR) is 152 cm³/mol. The molecule has 40 heavy (non-hydrogen) atoms. The van der Waals surface area contributed by atoms with Crippen LogP contribution in [0.3, 0.4) is 0 Å². The molecule has 7 nitrogen and oxygen atoms in total. The number of hydrogen-bond donors (Lipinski definition) is 1. The third-order valence-electron chi connectivity index (χ3n) is 6.69. The Bertz CT molecular complexity index is 1550. The van der Waals surface area contributed by atoms with E-state index in [2.05, 4.69) is 4.98 Å². The number of carbonyl (C=O) groups is 2. The number of ketones is 1. The minimum Gasteiger partial charge on any atom is -0.507 e. The Balaban J connectivity index is 1.60. The minimum atomic E-state index is -0.838. The van der Waals surface area contributed by atoms with E-state index in [1.807, 2.05) is 74.5 Å². The fourth-order valence-electron chi connectivity index (χ4n) is 4.81. The predicted octanol–water partition coefficient (Wildman–Crippen LogP) is 6.59. The summed E-state index contributed by atoms with van der Waals surface area (Å²) in [6.45, 7) is 4.58. The van der Waals surface area contributed by atoms with Crippen LogP contribution < -0.4 is 9.47 Å². The highest BCUT2D eigenvalue weighted by atomic mass is 16.5. The van der Waals surface area contributed by atoms with Gasteiger partial charge in [0.1, 0.15) is 23.0 Å². The van der Waals surface area contributed by atoms with Gasteiger partial charge in [-0.25, -0.2) is 0 Å². The number of amides is 1. The Labute approximate surface area is 233 Å². The number of nitrogens with zero attached hydrogens (tertiary/aromatic N) is 2. The fourth-order valence-corrected chi connectivity index (χ4v) is 4.81. The maximum absolute atomic E-state index is 13.5. The minimum absolute atomic E-state index is 0.0241. The Hall–Kier alpha value is -4.91. The summed E-state index contributed by atoms with van der Waals surface area (Å²) in [6, 6.07) is 24.7. The molecule has 0 saturated carbocycles. The Morgan fingerprint density at radius 1 is 0.925 bits per heavy atom. The molecular formula is C33H30N2O5. The number of aliphatic hydroxyl groups excluding tert-OH is 1. The zero-order valence-corrected chi connectivity index (χ0v) is 22.4. The van der Waals surface area contributed by atoms with Gasteiger partial charge < -0.3 is 19.5 Å². The van der Waals surface area contributed by atoms with Gasteiger partial charge in [0.05, 0.1) is 18.2 Å². The van der Waals surface area contributed by atoms with E-state index < -0.39 is 17.7 Å². The summed E-state index contributed by atoms with van der Waals surface area (Å²) < 4.78 is 11.8. The monoisotopic (exact) mass is 534 g/mol. The molecule has 1 aliphatic heterocycles. The van der Waals surface area contributed by atoms with Gasteiger partial charge in [-0.2, -0.15) is 0 Å². The van der Waals surface area contributed by atoms with Gasteiger partial charge in [0.25, 0.3) is 11.7 Å². The third-order valence-corrected chi connectivity index (χ3v) is 6.69. The number of rotatable bonds is 9. The number of aliphatic hydroxyl groups is 1. The first-order chi connectivity index (χ1) is 19.5. The Kier molecular flexibility index (Phi) is 7.92. The molecule has 5 rings (SSSR count). The molecule has 1 aromatic heterocycles. The maximum atomic E-state index is 13.5. The second kappa shape index (κ2) is 11.9. The van der Waals surface area contributed by atoms with Crippen molar-refractivity contribution in [3.63, 3.8) is 0 Å². The average Bonchev–Trinajstić information content (AvgIpc) is 3.22. The van der Waals surface area contributed by atoms with Crippen LogP contribution in [0.5, 0.6) is 17.2 Å². The van der Waals surface area contributed by atoms with E-state index in [-0.39, 0.29) is 17.9 Å². The van der Waals surface area contributed by atoms with Gasteiger partial charge >= 0.3 is 0 Å². The maximum Gasteiger partial charge on any atom is 0.295 e. The SMILES string of the molecule is CCCOc1ccc(C(O)=C2C(=O)C(=O)N(Cc3cccnc3)C2c2cccc(Oc3ccccc3)c2)c(C)c1. The van der Waals surface area contributed by atoms with Gasteiger partial charge in [0.15, 0.2) is 0 Å². The van der Waals surface area contributed by atoms with Crippen molar-refractivity contribution >= 4 is 17.4 Å². The number of ether oxygens (including phenoxy) is 2. The zero-order chi connectivity index (χ0) is 28.1. The first kappa shape index (κ1) is 26.7. The second-order valence-electron chi connectivity index (χ2n) is 9.60. The number of aromatic nitrogens is 1. The van der Waals surface area contributed by atoms with Crippen molar-refractivity contribution in [3.05, 3.63) is 125 Å². The molecule has 1 saturated heterocycles. The largest absolute Gasteiger partial charge is 0.507 e. The molecule has 1 amide bonds. The fraction of sp³-hybridized carbons (Fsp3) is 0.182. The van der Waals surface area contributed by atoms with Crippen molar-refractivity contribution in [2.24, 2.45) is 0 Å². The van der Waals surface area contributed by atoms with Crippen LogP contribution in [0.15, 0.2) is 103 Å². The molecule has 1 N–H and O–H groups in total. The summed E-state index contributed by atoms with van der Waals surface area (Å²) in [5.41, 5.74) is 2.61. The van der Waals surface area contributed by atoms with E-state index in [0.29, 0.717) is 35.0 Å². The van der Waals surface area contributed by atoms with Gasteiger partial charge in [-0.05, 0) is 78.6 Å². The van der Waals surface area contributed by atoms with Gasteiger partial charge in [0, 0.05) is 24.5 Å². The van der Waals surface area contributed by atoms with Crippen LogP contribution in [-0.2, 0) is 16.1 Å². The van der Waals surface area contributed by atoms with Crippen molar-refractivity contribution in [2.75, 3.05) is 6.61 Å². The lowest BCUT2D eigenvalue weighted by molar-refractivity contribution is -0.140. The van der Waals surface area contributed by atoms with Crippen molar-refractivity contribution in [2.45, 2.75) is 32.9 Å². The van der Waals surface area contributed by atoms with Crippen LogP contribution in [0.2, 0.25) is 0 Å². The average molecular weight is 535 g/mol. The van der Waals surface area contributed by atoms with E-state index >= 15 is 0 Å². The number of hydrogen-bond acceptors (Lipinski definition) is 6. The van der Waals surface area contributed by atoms with Crippen molar-refractivity contribution < 1.29 is 24.2 Å². The second-order valence-corrected chi connectivity index (χ2v) is 9.60. The van der Waals surface area contributed by atoms with E-state index in [0.717, 1.165) is 17.5 Å². The zero-order valence-electron chi connectivity index (χ0n) is 22.4. The summed E-state index contributed by atoms with van der Waals surface area (Å²) in [7, 11) is 0. The van der Waals surface area contributed by atoms with Crippen LogP contribution >= 0.6 is 0 Å². The molecule has 7 heteroatoms. The van der Waals surface area contributed by atoms with E-state index in [1.54, 1.807) is 36.7 Å². The molecular weight excluding hydrogens is 504 g/mol. The molecule has 0 bridgehead atoms. The summed E-state index contributed by atoms with van der Waals surface area (Å²) in [4.78, 5) is 32.6. The standard InChI is InChI=1S/C33H30N2O5/c1-3-17-39-26-14-15-28(22(2)18-26)31(36)29-30(35(33(38)32(29)37)21-23-9-8-16-34-20-23)24-10-7-13-27(19-24)40-25-11-5-4-6-12-25/h4-16,18-20,30,36H,3,17,21H2,1-2H3. The molecule has 2 heterocycles. The lowest BCUT2D eigenvalue weighted by Gasteiger charge is -2.26. The van der Waals surface area contributed by atoms with Crippen LogP contribution in [0.1, 0.15) is 41.6 Å².